The number of pyridine rings is 1. The Bertz CT molecular complexity index is 511. The van der Waals surface area contributed by atoms with Crippen LogP contribution in [0.1, 0.15) is 6.92 Å². The molecule has 0 spiro atoms. The summed E-state index contributed by atoms with van der Waals surface area (Å²) in [7, 11) is 1.67. The molecule has 86 valence electrons. The lowest BCUT2D eigenvalue weighted by Crippen LogP contribution is -2.16. The van der Waals surface area contributed by atoms with Crippen molar-refractivity contribution in [2.75, 3.05) is 12.8 Å². The molecule has 2 aromatic heterocycles. The lowest BCUT2D eigenvalue weighted by Gasteiger charge is -2.11. The van der Waals surface area contributed by atoms with Gasteiger partial charge >= 0.3 is 0 Å². The summed E-state index contributed by atoms with van der Waals surface area (Å²) in [6.07, 6.45) is 1.81. The Hall–Kier alpha value is -1.14. The molecule has 2 heterocycles. The fraction of sp³-hybridized carbons (Fsp3) is 0.400. The van der Waals surface area contributed by atoms with E-state index in [4.69, 9.17) is 10.5 Å². The van der Waals surface area contributed by atoms with Gasteiger partial charge in [0.2, 0.25) is 5.95 Å². The molecule has 0 aliphatic heterocycles. The molecule has 16 heavy (non-hydrogen) atoms. The molecule has 0 amide bonds. The first-order valence-electron chi connectivity index (χ1n) is 4.92. The van der Waals surface area contributed by atoms with E-state index in [-0.39, 0.29) is 6.10 Å². The molecule has 0 saturated heterocycles. The van der Waals surface area contributed by atoms with E-state index in [0.717, 1.165) is 15.6 Å². The molecule has 0 bridgehead atoms. The maximum absolute atomic E-state index is 5.85. The van der Waals surface area contributed by atoms with Crippen molar-refractivity contribution in [3.05, 3.63) is 16.7 Å². The molecule has 2 rings (SSSR count). The average Bonchev–Trinajstić information content (AvgIpc) is 2.54. The molecule has 1 unspecified atom stereocenters. The Morgan fingerprint density at radius 2 is 2.38 bits per heavy atom. The highest BCUT2D eigenvalue weighted by molar-refractivity contribution is 9.10. The van der Waals surface area contributed by atoms with Crippen molar-refractivity contribution in [1.82, 2.24) is 14.5 Å². The van der Waals surface area contributed by atoms with Gasteiger partial charge in [0.05, 0.1) is 12.6 Å². The number of nitrogens with two attached hydrogens (primary N) is 1. The summed E-state index contributed by atoms with van der Waals surface area (Å²) in [5.74, 6) is 0.463. The highest BCUT2D eigenvalue weighted by Crippen LogP contribution is 2.20. The van der Waals surface area contributed by atoms with Crippen molar-refractivity contribution >= 4 is 33.0 Å². The third-order valence-corrected chi connectivity index (χ3v) is 2.86. The van der Waals surface area contributed by atoms with E-state index in [9.17, 15) is 0 Å². The second-order valence-electron chi connectivity index (χ2n) is 3.62. The van der Waals surface area contributed by atoms with E-state index < -0.39 is 0 Å². The van der Waals surface area contributed by atoms with Crippen LogP contribution in [0.4, 0.5) is 5.95 Å². The molecule has 0 saturated carbocycles. The number of imidazole rings is 1. The van der Waals surface area contributed by atoms with Crippen molar-refractivity contribution in [3.8, 4) is 0 Å². The van der Waals surface area contributed by atoms with Crippen LogP contribution in [0.2, 0.25) is 0 Å². The molecule has 0 aliphatic rings. The van der Waals surface area contributed by atoms with Crippen LogP contribution >= 0.6 is 15.9 Å². The molecule has 0 aliphatic carbocycles. The van der Waals surface area contributed by atoms with Gasteiger partial charge in [-0.05, 0) is 28.9 Å². The molecule has 1 atom stereocenters. The number of fused-ring (bicyclic) bond motifs is 1. The number of hydrogen-bond donors (Lipinski definition) is 1. The summed E-state index contributed by atoms with van der Waals surface area (Å²) in [5, 5.41) is 0. The van der Waals surface area contributed by atoms with Gasteiger partial charge in [-0.1, -0.05) is 0 Å². The van der Waals surface area contributed by atoms with Crippen molar-refractivity contribution in [2.24, 2.45) is 0 Å². The predicted molar refractivity (Wildman–Crippen MR) is 66.1 cm³/mol. The molecule has 5 nitrogen and oxygen atoms in total. The van der Waals surface area contributed by atoms with Crippen molar-refractivity contribution in [2.45, 2.75) is 19.6 Å². The summed E-state index contributed by atoms with van der Waals surface area (Å²) in [6.45, 7) is 2.62. The maximum Gasteiger partial charge on any atom is 0.202 e. The summed E-state index contributed by atoms with van der Waals surface area (Å²) in [4.78, 5) is 8.56. The van der Waals surface area contributed by atoms with Gasteiger partial charge in [-0.2, -0.15) is 0 Å². The van der Waals surface area contributed by atoms with Gasteiger partial charge in [0, 0.05) is 17.8 Å². The van der Waals surface area contributed by atoms with Gasteiger partial charge in [0.25, 0.3) is 0 Å². The van der Waals surface area contributed by atoms with Crippen LogP contribution in [0.15, 0.2) is 16.7 Å². The number of nitrogens with zero attached hydrogens (tertiary/aromatic N) is 3. The molecule has 6 heteroatoms. The first-order valence-corrected chi connectivity index (χ1v) is 5.71. The summed E-state index contributed by atoms with van der Waals surface area (Å²) in [6, 6.07) is 1.90. The van der Waals surface area contributed by atoms with E-state index in [1.165, 1.54) is 0 Å². The fourth-order valence-corrected chi connectivity index (χ4v) is 1.83. The number of halogens is 1. The average molecular weight is 285 g/mol. The minimum atomic E-state index is 0.0742. The van der Waals surface area contributed by atoms with E-state index in [1.807, 2.05) is 17.6 Å². The topological polar surface area (TPSA) is 66.0 Å². The maximum atomic E-state index is 5.85. The Balaban J connectivity index is 2.47. The van der Waals surface area contributed by atoms with Gasteiger partial charge in [-0.15, -0.1) is 0 Å². The highest BCUT2D eigenvalue weighted by atomic mass is 79.9. The normalized spacial score (nSPS) is 13.2. The minimum absolute atomic E-state index is 0.0742. The number of hydrogen-bond acceptors (Lipinski definition) is 4. The SMILES string of the molecule is COC(C)Cn1c(N)nc2cc(Br)cnc21. The lowest BCUT2D eigenvalue weighted by atomic mass is 10.4. The number of ether oxygens (including phenoxy) is 1. The van der Waals surface area contributed by atoms with Crippen molar-refractivity contribution < 1.29 is 4.74 Å². The molecule has 2 N–H and O–H groups in total. The fourth-order valence-electron chi connectivity index (χ4n) is 1.52. The molecule has 0 aromatic carbocycles. The third-order valence-electron chi connectivity index (χ3n) is 2.42. The number of aromatic nitrogens is 3. The molecular weight excluding hydrogens is 272 g/mol. The Morgan fingerprint density at radius 1 is 1.62 bits per heavy atom. The smallest absolute Gasteiger partial charge is 0.202 e. The minimum Gasteiger partial charge on any atom is -0.380 e. The largest absolute Gasteiger partial charge is 0.380 e. The van der Waals surface area contributed by atoms with Crippen LogP contribution in [0, 0.1) is 0 Å². The van der Waals surface area contributed by atoms with Gasteiger partial charge in [0.1, 0.15) is 5.52 Å². The monoisotopic (exact) mass is 284 g/mol. The lowest BCUT2D eigenvalue weighted by molar-refractivity contribution is 0.104. The highest BCUT2D eigenvalue weighted by Gasteiger charge is 2.12. The molecule has 2 aromatic rings. The van der Waals surface area contributed by atoms with Crippen LogP contribution in [0.25, 0.3) is 11.2 Å². The second kappa shape index (κ2) is 4.39. The standard InChI is InChI=1S/C10H13BrN4O/c1-6(16-2)5-15-9-8(14-10(15)12)3-7(11)4-13-9/h3-4,6H,5H2,1-2H3,(H2,12,14). The Labute approximate surface area is 102 Å². The number of methoxy groups -OCH3 is 1. The second-order valence-corrected chi connectivity index (χ2v) is 4.54. The molecule has 0 fully saturated rings. The zero-order valence-electron chi connectivity index (χ0n) is 9.14. The van der Waals surface area contributed by atoms with Gasteiger partial charge in [0.15, 0.2) is 5.65 Å². The quantitative estimate of drug-likeness (QED) is 0.934. The van der Waals surface area contributed by atoms with Crippen LogP contribution in [0.3, 0.4) is 0 Å². The predicted octanol–water partition coefficient (Wildman–Crippen LogP) is 1.81. The summed E-state index contributed by atoms with van der Waals surface area (Å²) in [5.41, 5.74) is 7.42. The van der Waals surface area contributed by atoms with Crippen molar-refractivity contribution in [1.29, 1.82) is 0 Å². The zero-order valence-corrected chi connectivity index (χ0v) is 10.7. The first-order chi connectivity index (χ1) is 7.61. The molecular formula is C10H13BrN4O. The van der Waals surface area contributed by atoms with E-state index >= 15 is 0 Å². The molecule has 0 radical (unpaired) electrons. The van der Waals surface area contributed by atoms with Gasteiger partial charge in [-0.3, -0.25) is 4.57 Å². The first kappa shape index (κ1) is 11.3. The number of nitrogen functional groups attached to an aromatic ring is 1. The number of rotatable bonds is 3. The van der Waals surface area contributed by atoms with Crippen LogP contribution in [-0.2, 0) is 11.3 Å². The zero-order chi connectivity index (χ0) is 11.7. The summed E-state index contributed by atoms with van der Waals surface area (Å²) >= 11 is 3.35. The van der Waals surface area contributed by atoms with Gasteiger partial charge in [-0.25, -0.2) is 9.97 Å². The number of anilines is 1. The van der Waals surface area contributed by atoms with Gasteiger partial charge < -0.3 is 10.5 Å². The summed E-state index contributed by atoms with van der Waals surface area (Å²) < 4.78 is 7.96. The van der Waals surface area contributed by atoms with E-state index in [0.29, 0.717) is 12.5 Å². The van der Waals surface area contributed by atoms with Crippen molar-refractivity contribution in [3.63, 3.8) is 0 Å². The Morgan fingerprint density at radius 3 is 3.06 bits per heavy atom. The van der Waals surface area contributed by atoms with E-state index in [1.54, 1.807) is 13.3 Å². The third kappa shape index (κ3) is 2.03. The van der Waals surface area contributed by atoms with Crippen LogP contribution in [-0.4, -0.2) is 27.7 Å². The van der Waals surface area contributed by atoms with Crippen LogP contribution in [0.5, 0.6) is 0 Å². The van der Waals surface area contributed by atoms with Crippen LogP contribution < -0.4 is 5.73 Å². The Kier molecular flexibility index (Phi) is 3.11. The van der Waals surface area contributed by atoms with E-state index in [2.05, 4.69) is 25.9 Å².